The van der Waals surface area contributed by atoms with E-state index in [2.05, 4.69) is 15.4 Å². The van der Waals surface area contributed by atoms with Crippen molar-refractivity contribution < 1.29 is 14.7 Å². The van der Waals surface area contributed by atoms with Crippen LogP contribution in [0.25, 0.3) is 0 Å². The predicted molar refractivity (Wildman–Crippen MR) is 68.4 cm³/mol. The number of carbonyl (C=O) groups is 1. The van der Waals surface area contributed by atoms with Gasteiger partial charge in [0.1, 0.15) is 0 Å². The topological polar surface area (TPSA) is 89.6 Å². The van der Waals surface area contributed by atoms with Crippen molar-refractivity contribution in [2.75, 3.05) is 6.61 Å². The zero-order valence-corrected chi connectivity index (χ0v) is 11.0. The molecule has 2 aromatic rings. The van der Waals surface area contributed by atoms with Gasteiger partial charge >= 0.3 is 5.97 Å². The van der Waals surface area contributed by atoms with Crippen LogP contribution in [0.5, 0.6) is 0 Å². The highest BCUT2D eigenvalue weighted by atomic mass is 32.1. The molecule has 0 saturated heterocycles. The van der Waals surface area contributed by atoms with E-state index in [1.54, 1.807) is 25.4 Å². The number of hydrogen-bond donors (Lipinski definition) is 1. The molecule has 7 nitrogen and oxygen atoms in total. The van der Waals surface area contributed by atoms with Crippen LogP contribution >= 0.6 is 11.3 Å². The summed E-state index contributed by atoms with van der Waals surface area (Å²) in [6.45, 7) is 2.42. The predicted octanol–water partition coefficient (Wildman–Crippen LogP) is 1.13. The van der Waals surface area contributed by atoms with E-state index in [4.69, 9.17) is 9.94 Å². The van der Waals surface area contributed by atoms with Gasteiger partial charge in [0, 0.05) is 4.88 Å². The molecule has 1 N–H and O–H groups in total. The quantitative estimate of drug-likeness (QED) is 0.384. The van der Waals surface area contributed by atoms with Crippen LogP contribution in [0.1, 0.15) is 16.7 Å². The number of ether oxygens (including phenoxy) is 1. The summed E-state index contributed by atoms with van der Waals surface area (Å²) in [5, 5.41) is 19.9. The Morgan fingerprint density at radius 3 is 2.84 bits per heavy atom. The lowest BCUT2D eigenvalue weighted by molar-refractivity contribution is -0.135. The van der Waals surface area contributed by atoms with Crippen molar-refractivity contribution in [1.29, 1.82) is 0 Å². The third-order valence-corrected chi connectivity index (χ3v) is 3.30. The Balaban J connectivity index is 2.13. The fourth-order valence-electron chi connectivity index (χ4n) is 1.44. The SMILES string of the molecule is CCOC(=O)C(=NO)c1ccc(Cn2nccn2)s1. The van der Waals surface area contributed by atoms with Crippen molar-refractivity contribution in [2.24, 2.45) is 5.16 Å². The van der Waals surface area contributed by atoms with Gasteiger partial charge in [-0.1, -0.05) is 5.16 Å². The number of oxime groups is 1. The first kappa shape index (κ1) is 13.2. The van der Waals surface area contributed by atoms with E-state index in [9.17, 15) is 4.79 Å². The molecule has 0 aromatic carbocycles. The molecule has 0 aliphatic rings. The zero-order chi connectivity index (χ0) is 13.7. The van der Waals surface area contributed by atoms with E-state index in [0.29, 0.717) is 11.4 Å². The number of aromatic nitrogens is 3. The van der Waals surface area contributed by atoms with Gasteiger partial charge in [-0.15, -0.1) is 11.3 Å². The highest BCUT2D eigenvalue weighted by molar-refractivity contribution is 7.14. The summed E-state index contributed by atoms with van der Waals surface area (Å²) < 4.78 is 4.81. The molecule has 0 fully saturated rings. The molecule has 0 saturated carbocycles. The third-order valence-electron chi connectivity index (χ3n) is 2.23. The van der Waals surface area contributed by atoms with Crippen molar-refractivity contribution in [2.45, 2.75) is 13.5 Å². The van der Waals surface area contributed by atoms with E-state index >= 15 is 0 Å². The summed E-state index contributed by atoms with van der Waals surface area (Å²) >= 11 is 1.33. The Morgan fingerprint density at radius 1 is 1.47 bits per heavy atom. The standard InChI is InChI=1S/C11H12N4O3S/c1-2-18-11(16)10(14-17)9-4-3-8(19-9)7-15-12-5-6-13-15/h3-6,17H,2,7H2,1H3. The van der Waals surface area contributed by atoms with Gasteiger partial charge in [-0.05, 0) is 19.1 Å². The van der Waals surface area contributed by atoms with Gasteiger partial charge < -0.3 is 9.94 Å². The Kier molecular flexibility index (Phi) is 4.24. The van der Waals surface area contributed by atoms with E-state index in [-0.39, 0.29) is 12.3 Å². The summed E-state index contributed by atoms with van der Waals surface area (Å²) in [6.07, 6.45) is 3.18. The van der Waals surface area contributed by atoms with Crippen molar-refractivity contribution in [3.8, 4) is 0 Å². The van der Waals surface area contributed by atoms with Crippen LogP contribution < -0.4 is 0 Å². The third kappa shape index (κ3) is 3.16. The summed E-state index contributed by atoms with van der Waals surface area (Å²) in [5.41, 5.74) is -0.0912. The van der Waals surface area contributed by atoms with Crippen LogP contribution in [-0.4, -0.2) is 38.5 Å². The van der Waals surface area contributed by atoms with Gasteiger partial charge in [0.15, 0.2) is 0 Å². The minimum atomic E-state index is -0.643. The van der Waals surface area contributed by atoms with Crippen molar-refractivity contribution in [1.82, 2.24) is 15.0 Å². The van der Waals surface area contributed by atoms with Crippen LogP contribution in [-0.2, 0) is 16.1 Å². The number of rotatable bonds is 5. The maximum absolute atomic E-state index is 11.6. The summed E-state index contributed by atoms with van der Waals surface area (Å²) in [5.74, 6) is -0.643. The minimum absolute atomic E-state index is 0.0912. The largest absolute Gasteiger partial charge is 0.461 e. The molecule has 100 valence electrons. The fraction of sp³-hybridized carbons (Fsp3) is 0.273. The molecule has 8 heteroatoms. The molecule has 0 aliphatic heterocycles. The smallest absolute Gasteiger partial charge is 0.361 e. The lowest BCUT2D eigenvalue weighted by Crippen LogP contribution is -2.17. The summed E-state index contributed by atoms with van der Waals surface area (Å²) in [6, 6.07) is 3.53. The molecule has 0 amide bonds. The Hall–Kier alpha value is -2.22. The molecule has 19 heavy (non-hydrogen) atoms. The first-order chi connectivity index (χ1) is 9.24. The number of nitrogens with zero attached hydrogens (tertiary/aromatic N) is 4. The Morgan fingerprint density at radius 2 is 2.21 bits per heavy atom. The number of thiophene rings is 1. The van der Waals surface area contributed by atoms with Crippen LogP contribution in [0.2, 0.25) is 0 Å². The van der Waals surface area contributed by atoms with Crippen molar-refractivity contribution >= 4 is 23.0 Å². The molecular weight excluding hydrogens is 268 g/mol. The second-order valence-electron chi connectivity index (χ2n) is 3.49. The average molecular weight is 280 g/mol. The van der Waals surface area contributed by atoms with Crippen LogP contribution in [0.4, 0.5) is 0 Å². The molecule has 2 aromatic heterocycles. The second kappa shape index (κ2) is 6.10. The van der Waals surface area contributed by atoms with E-state index in [1.165, 1.54) is 16.1 Å². The highest BCUT2D eigenvalue weighted by Gasteiger charge is 2.18. The number of esters is 1. The second-order valence-corrected chi connectivity index (χ2v) is 4.66. The molecule has 0 unspecified atom stereocenters. The summed E-state index contributed by atoms with van der Waals surface area (Å²) in [4.78, 5) is 14.6. The Bertz CT molecular complexity index is 577. The van der Waals surface area contributed by atoms with Gasteiger partial charge in [-0.25, -0.2) is 4.79 Å². The van der Waals surface area contributed by atoms with Gasteiger partial charge in [0.2, 0.25) is 5.71 Å². The summed E-state index contributed by atoms with van der Waals surface area (Å²) in [7, 11) is 0. The van der Waals surface area contributed by atoms with E-state index < -0.39 is 5.97 Å². The average Bonchev–Trinajstić information content (AvgIpc) is 3.03. The van der Waals surface area contributed by atoms with Gasteiger partial charge in [-0.3, -0.25) is 0 Å². The zero-order valence-electron chi connectivity index (χ0n) is 10.2. The van der Waals surface area contributed by atoms with Gasteiger partial charge in [0.25, 0.3) is 0 Å². The maximum atomic E-state index is 11.6. The van der Waals surface area contributed by atoms with E-state index in [0.717, 1.165) is 4.88 Å². The van der Waals surface area contributed by atoms with Crippen LogP contribution in [0.3, 0.4) is 0 Å². The number of hydrogen-bond acceptors (Lipinski definition) is 7. The first-order valence-corrected chi connectivity index (χ1v) is 6.38. The molecule has 0 spiro atoms. The lowest BCUT2D eigenvalue weighted by atomic mass is 10.3. The normalized spacial score (nSPS) is 11.5. The van der Waals surface area contributed by atoms with Crippen LogP contribution in [0, 0.1) is 0 Å². The molecule has 2 heterocycles. The molecule has 0 atom stereocenters. The van der Waals surface area contributed by atoms with Gasteiger partial charge in [-0.2, -0.15) is 15.0 Å². The monoisotopic (exact) mass is 280 g/mol. The fourth-order valence-corrected chi connectivity index (χ4v) is 2.40. The molecule has 0 bridgehead atoms. The highest BCUT2D eigenvalue weighted by Crippen LogP contribution is 2.18. The van der Waals surface area contributed by atoms with E-state index in [1.807, 2.05) is 6.07 Å². The molecule has 0 aliphatic carbocycles. The minimum Gasteiger partial charge on any atom is -0.461 e. The lowest BCUT2D eigenvalue weighted by Gasteiger charge is -2.01. The Labute approximate surface area is 113 Å². The van der Waals surface area contributed by atoms with Crippen molar-refractivity contribution in [3.63, 3.8) is 0 Å². The molecular formula is C11H12N4O3S. The van der Waals surface area contributed by atoms with Gasteiger partial charge in [0.05, 0.1) is 30.4 Å². The first-order valence-electron chi connectivity index (χ1n) is 5.57. The maximum Gasteiger partial charge on any atom is 0.361 e. The van der Waals surface area contributed by atoms with Crippen LogP contribution in [0.15, 0.2) is 29.7 Å². The number of carbonyl (C=O) groups excluding carboxylic acids is 1. The molecule has 2 rings (SSSR count). The molecule has 0 radical (unpaired) electrons. The van der Waals surface area contributed by atoms with Crippen molar-refractivity contribution in [3.05, 3.63) is 34.3 Å².